The molecule has 0 aliphatic rings. The van der Waals surface area contributed by atoms with Gasteiger partial charge in [-0.3, -0.25) is 9.80 Å². The van der Waals surface area contributed by atoms with Crippen LogP contribution < -0.4 is 10.3 Å². The third kappa shape index (κ3) is 385. The number of hydrogen-bond donors (Lipinski definition) is 2. The summed E-state index contributed by atoms with van der Waals surface area (Å²) in [5.41, 5.74) is 0. The molecular formula is C23H74N6OSi2. The van der Waals surface area contributed by atoms with Gasteiger partial charge in [-0.15, -0.1) is 0 Å². The summed E-state index contributed by atoms with van der Waals surface area (Å²) in [7, 11) is 26.3. The Hall–Kier alpha value is 0.154. The van der Waals surface area contributed by atoms with Crippen LogP contribution in [0.5, 0.6) is 0 Å². The van der Waals surface area contributed by atoms with Crippen molar-refractivity contribution >= 4 is 19.2 Å². The van der Waals surface area contributed by atoms with E-state index in [1.165, 1.54) is 0 Å². The van der Waals surface area contributed by atoms with E-state index in [0.29, 0.717) is 9.52 Å². The lowest BCUT2D eigenvalue weighted by molar-refractivity contribution is 0.215. The maximum atomic E-state index is 4.54. The molecule has 0 atom stereocenters. The zero-order valence-corrected chi connectivity index (χ0v) is 27.6. The van der Waals surface area contributed by atoms with E-state index in [9.17, 15) is 0 Å². The average molecular weight is 507 g/mol. The second kappa shape index (κ2) is 69.7. The first kappa shape index (κ1) is 58.2. The number of nitrogens with zero attached hydrogens (tertiary/aromatic N) is 4. The molecule has 210 valence electrons. The molecule has 0 aromatic rings. The molecule has 2 N–H and O–H groups in total. The Kier molecular flexibility index (Phi) is 127. The lowest BCUT2D eigenvalue weighted by atomic mass is 10.7. The van der Waals surface area contributed by atoms with Crippen molar-refractivity contribution in [1.29, 1.82) is 0 Å². The fraction of sp³-hybridized carbons (Fsp3) is 1.00. The van der Waals surface area contributed by atoms with E-state index in [2.05, 4.69) is 98.6 Å². The van der Waals surface area contributed by atoms with Crippen LogP contribution in [-0.4, -0.2) is 150 Å². The number of methoxy groups -OCH3 is 1. The van der Waals surface area contributed by atoms with Crippen LogP contribution >= 0.6 is 0 Å². The molecule has 0 aliphatic heterocycles. The molecule has 0 radical (unpaired) electrons. The van der Waals surface area contributed by atoms with Gasteiger partial charge in [0.15, 0.2) is 0 Å². The Balaban J connectivity index is -0.0000000278. The van der Waals surface area contributed by atoms with Gasteiger partial charge in [0.05, 0.1) is 9.68 Å². The molecule has 0 aliphatic carbocycles. The summed E-state index contributed by atoms with van der Waals surface area (Å²) in [6, 6.07) is 0. The van der Waals surface area contributed by atoms with E-state index in [0.717, 1.165) is 19.8 Å². The molecular weight excluding hydrogens is 432 g/mol. The van der Waals surface area contributed by atoms with Crippen LogP contribution in [0.1, 0.15) is 28.7 Å². The SMILES string of the molecule is C.C.CCN(C)C.CCOC.CN(C)C.CN(C)CN(C)C.CNC.CN[SiH2]C.C[SiH2]C. The van der Waals surface area contributed by atoms with Gasteiger partial charge in [0.1, 0.15) is 0 Å². The van der Waals surface area contributed by atoms with E-state index in [1.54, 1.807) is 7.11 Å². The third-order valence-electron chi connectivity index (χ3n) is 1.84. The lowest BCUT2D eigenvalue weighted by Gasteiger charge is -2.14. The van der Waals surface area contributed by atoms with Gasteiger partial charge in [-0.2, -0.15) is 0 Å². The highest BCUT2D eigenvalue weighted by Crippen LogP contribution is 1.74. The highest BCUT2D eigenvalue weighted by atomic mass is 28.2. The van der Waals surface area contributed by atoms with E-state index in [1.807, 2.05) is 54.1 Å². The van der Waals surface area contributed by atoms with Crippen molar-refractivity contribution in [1.82, 2.24) is 29.9 Å². The summed E-state index contributed by atoms with van der Waals surface area (Å²) in [5.74, 6) is 0. The Morgan fingerprint density at radius 2 is 0.844 bits per heavy atom. The molecule has 9 heteroatoms. The van der Waals surface area contributed by atoms with Crippen molar-refractivity contribution in [3.8, 4) is 0 Å². The van der Waals surface area contributed by atoms with Crippen molar-refractivity contribution in [2.45, 2.75) is 48.3 Å². The van der Waals surface area contributed by atoms with Crippen LogP contribution in [0.3, 0.4) is 0 Å². The molecule has 32 heavy (non-hydrogen) atoms. The van der Waals surface area contributed by atoms with Gasteiger partial charge < -0.3 is 24.8 Å². The summed E-state index contributed by atoms with van der Waals surface area (Å²) in [5, 5.41) is 2.75. The summed E-state index contributed by atoms with van der Waals surface area (Å²) in [6.45, 7) is 13.8. The second-order valence-electron chi connectivity index (χ2n) is 7.53. The van der Waals surface area contributed by atoms with Crippen LogP contribution in [0, 0.1) is 0 Å². The quantitative estimate of drug-likeness (QED) is 0.438. The molecule has 0 aromatic carbocycles. The van der Waals surface area contributed by atoms with E-state index >= 15 is 0 Å². The van der Waals surface area contributed by atoms with Gasteiger partial charge in [-0.05, 0) is 98.0 Å². The summed E-state index contributed by atoms with van der Waals surface area (Å²) in [4.78, 5) is 11.4. The van der Waals surface area contributed by atoms with Gasteiger partial charge in [-0.25, -0.2) is 0 Å². The fourth-order valence-electron chi connectivity index (χ4n) is 0.566. The minimum atomic E-state index is 0. The molecule has 0 rings (SSSR count). The Morgan fingerprint density at radius 3 is 0.844 bits per heavy atom. The Bertz CT molecular complexity index is 185. The maximum absolute atomic E-state index is 4.54. The number of rotatable bonds is 5. The van der Waals surface area contributed by atoms with Gasteiger partial charge >= 0.3 is 0 Å². The van der Waals surface area contributed by atoms with E-state index in [-0.39, 0.29) is 24.5 Å². The summed E-state index contributed by atoms with van der Waals surface area (Å²) in [6.07, 6.45) is 0. The van der Waals surface area contributed by atoms with Crippen LogP contribution in [0.15, 0.2) is 0 Å². The highest BCUT2D eigenvalue weighted by Gasteiger charge is 1.87. The average Bonchev–Trinajstić information content (AvgIpc) is 2.62. The first-order valence-electron chi connectivity index (χ1n) is 11.1. The Labute approximate surface area is 213 Å². The standard InChI is InChI=1S/C5H14N2.C4H11N.C3H9N.C3H8O.C2H9NSi.C2H7N.C2H8Si.2CH4/c1-6(2)5-7(3)4;1-4-5(2)3;1-4(2)3;2*1-3-4-2;2*1-3-2;;/h5H2,1-4H3;4H2,1-3H3;1-3H3;3H2,1-2H3;3H,4H2,1-2H3;3H,1-2H3;3H2,1-2H3;2*1H4. The monoisotopic (exact) mass is 507 g/mol. The molecule has 0 amide bonds. The van der Waals surface area contributed by atoms with Gasteiger partial charge in [0.2, 0.25) is 0 Å². The van der Waals surface area contributed by atoms with Crippen LogP contribution in [0.4, 0.5) is 0 Å². The molecule has 0 unspecified atom stereocenters. The van der Waals surface area contributed by atoms with E-state index < -0.39 is 0 Å². The number of hydrogen-bond acceptors (Lipinski definition) is 7. The van der Waals surface area contributed by atoms with Crippen molar-refractivity contribution in [3.05, 3.63) is 0 Å². The topological polar surface area (TPSA) is 46.3 Å². The largest absolute Gasteiger partial charge is 0.385 e. The Morgan fingerprint density at radius 1 is 0.688 bits per heavy atom. The van der Waals surface area contributed by atoms with Gasteiger partial charge in [0, 0.05) is 29.9 Å². The molecule has 0 aromatic heterocycles. The normalized spacial score (nSPS) is 8.44. The zero-order valence-electron chi connectivity index (χ0n) is 24.7. The van der Waals surface area contributed by atoms with Crippen molar-refractivity contribution in [2.75, 3.05) is 112 Å². The maximum Gasteiger partial charge on any atom is 0.0882 e. The van der Waals surface area contributed by atoms with Crippen molar-refractivity contribution in [3.63, 3.8) is 0 Å². The minimum Gasteiger partial charge on any atom is -0.385 e. The first-order valence-corrected chi connectivity index (χ1v) is 16.0. The van der Waals surface area contributed by atoms with Crippen molar-refractivity contribution < 1.29 is 4.74 Å². The number of nitrogens with one attached hydrogen (secondary N) is 2. The van der Waals surface area contributed by atoms with E-state index in [4.69, 9.17) is 0 Å². The summed E-state index contributed by atoms with van der Waals surface area (Å²) < 4.78 is 4.54. The minimum absolute atomic E-state index is 0. The predicted molar refractivity (Wildman–Crippen MR) is 166 cm³/mol. The van der Waals surface area contributed by atoms with Crippen LogP contribution in [-0.2, 0) is 4.74 Å². The third-order valence-corrected chi connectivity index (χ3v) is 2.55. The molecule has 0 saturated carbocycles. The molecule has 0 fully saturated rings. The highest BCUT2D eigenvalue weighted by molar-refractivity contribution is 6.31. The van der Waals surface area contributed by atoms with Crippen LogP contribution in [0.2, 0.25) is 19.6 Å². The fourth-order valence-corrected chi connectivity index (χ4v) is 0.566. The second-order valence-corrected chi connectivity index (χ2v) is 10.4. The van der Waals surface area contributed by atoms with Gasteiger partial charge in [-0.1, -0.05) is 41.4 Å². The van der Waals surface area contributed by atoms with Crippen LogP contribution in [0.25, 0.3) is 0 Å². The number of ether oxygens (including phenoxy) is 1. The molecule has 0 spiro atoms. The summed E-state index contributed by atoms with van der Waals surface area (Å²) >= 11 is 0. The first-order chi connectivity index (χ1) is 13.8. The van der Waals surface area contributed by atoms with Crippen molar-refractivity contribution in [2.24, 2.45) is 0 Å². The lowest BCUT2D eigenvalue weighted by Crippen LogP contribution is -2.26. The zero-order chi connectivity index (χ0) is 26.0. The molecule has 0 heterocycles. The molecule has 0 saturated heterocycles. The molecule has 7 nitrogen and oxygen atoms in total. The smallest absolute Gasteiger partial charge is 0.0882 e. The predicted octanol–water partition coefficient (Wildman–Crippen LogP) is 2.16. The van der Waals surface area contributed by atoms with Gasteiger partial charge in [0.25, 0.3) is 0 Å². The molecule has 0 bridgehead atoms.